The molecule has 0 bridgehead atoms. The van der Waals surface area contributed by atoms with Crippen LogP contribution in [-0.4, -0.2) is 44.3 Å². The fourth-order valence-corrected chi connectivity index (χ4v) is 3.10. The Morgan fingerprint density at radius 3 is 2.90 bits per heavy atom. The van der Waals surface area contributed by atoms with Crippen LogP contribution in [0.15, 0.2) is 18.2 Å². The average Bonchev–Trinajstić information content (AvgIpc) is 2.84. The molecule has 2 aliphatic heterocycles. The Morgan fingerprint density at radius 1 is 1.24 bits per heavy atom. The van der Waals surface area contributed by atoms with Gasteiger partial charge in [0.1, 0.15) is 0 Å². The maximum absolute atomic E-state index is 5.74. The molecule has 0 saturated carbocycles. The van der Waals surface area contributed by atoms with Crippen molar-refractivity contribution in [3.05, 3.63) is 23.8 Å². The molecule has 1 aromatic carbocycles. The van der Waals surface area contributed by atoms with Crippen LogP contribution >= 0.6 is 0 Å². The quantitative estimate of drug-likeness (QED) is 0.902. The van der Waals surface area contributed by atoms with Gasteiger partial charge in [-0.3, -0.25) is 0 Å². The van der Waals surface area contributed by atoms with Crippen LogP contribution in [0.3, 0.4) is 0 Å². The van der Waals surface area contributed by atoms with Crippen molar-refractivity contribution in [2.45, 2.75) is 26.3 Å². The summed E-state index contributed by atoms with van der Waals surface area (Å²) in [4.78, 5) is 2.53. The molecule has 0 spiro atoms. The van der Waals surface area contributed by atoms with Crippen LogP contribution in [0.4, 0.5) is 0 Å². The van der Waals surface area contributed by atoms with Gasteiger partial charge in [0.25, 0.3) is 0 Å². The van der Waals surface area contributed by atoms with Gasteiger partial charge in [-0.15, -0.1) is 0 Å². The lowest BCUT2D eigenvalue weighted by atomic mass is 10.1. The molecule has 1 unspecified atom stereocenters. The van der Waals surface area contributed by atoms with Crippen LogP contribution in [-0.2, 0) is 6.54 Å². The minimum Gasteiger partial charge on any atom is -0.490 e. The van der Waals surface area contributed by atoms with E-state index in [4.69, 9.17) is 9.47 Å². The second-order valence-electron chi connectivity index (χ2n) is 6.01. The second-order valence-corrected chi connectivity index (χ2v) is 6.01. The highest BCUT2D eigenvalue weighted by Crippen LogP contribution is 2.30. The normalized spacial score (nSPS) is 22.2. The molecule has 0 radical (unpaired) electrons. The van der Waals surface area contributed by atoms with Gasteiger partial charge < -0.3 is 19.7 Å². The molecular weight excluding hydrogens is 264 g/mol. The number of hydrogen-bond acceptors (Lipinski definition) is 4. The number of likely N-dealkylation sites (tertiary alicyclic amines) is 1. The average molecular weight is 290 g/mol. The summed E-state index contributed by atoms with van der Waals surface area (Å²) in [5.74, 6) is 2.57. The number of fused-ring (bicyclic) bond motifs is 1. The van der Waals surface area contributed by atoms with Crippen molar-refractivity contribution in [2.75, 3.05) is 39.4 Å². The molecule has 3 rings (SSSR count). The van der Waals surface area contributed by atoms with Crippen molar-refractivity contribution in [1.82, 2.24) is 10.2 Å². The van der Waals surface area contributed by atoms with Crippen LogP contribution in [0, 0.1) is 5.92 Å². The molecule has 21 heavy (non-hydrogen) atoms. The molecule has 1 aromatic rings. The predicted molar refractivity (Wildman–Crippen MR) is 84.0 cm³/mol. The molecule has 4 heteroatoms. The smallest absolute Gasteiger partial charge is 0.161 e. The van der Waals surface area contributed by atoms with Crippen molar-refractivity contribution in [1.29, 1.82) is 0 Å². The lowest BCUT2D eigenvalue weighted by Crippen LogP contribution is -2.26. The fourth-order valence-electron chi connectivity index (χ4n) is 3.10. The van der Waals surface area contributed by atoms with Crippen LogP contribution in [0.5, 0.6) is 11.5 Å². The Morgan fingerprint density at radius 2 is 2.10 bits per heavy atom. The Labute approximate surface area is 127 Å². The van der Waals surface area contributed by atoms with E-state index in [0.29, 0.717) is 0 Å². The number of hydrogen-bond donors (Lipinski definition) is 1. The summed E-state index contributed by atoms with van der Waals surface area (Å²) in [6, 6.07) is 6.28. The minimum absolute atomic E-state index is 0.749. The Bertz CT molecular complexity index is 464. The van der Waals surface area contributed by atoms with Crippen LogP contribution < -0.4 is 14.8 Å². The lowest BCUT2D eigenvalue weighted by molar-refractivity contribution is 0.297. The molecule has 1 N–H and O–H groups in total. The van der Waals surface area contributed by atoms with E-state index >= 15 is 0 Å². The number of ether oxygens (including phenoxy) is 2. The van der Waals surface area contributed by atoms with Crippen molar-refractivity contribution in [2.24, 2.45) is 5.92 Å². The predicted octanol–water partition coefficient (Wildman–Crippen LogP) is 2.28. The van der Waals surface area contributed by atoms with Crippen molar-refractivity contribution in [3.8, 4) is 11.5 Å². The van der Waals surface area contributed by atoms with Crippen molar-refractivity contribution < 1.29 is 9.47 Å². The molecule has 116 valence electrons. The first-order chi connectivity index (χ1) is 10.3. The van der Waals surface area contributed by atoms with E-state index in [9.17, 15) is 0 Å². The first-order valence-corrected chi connectivity index (χ1v) is 8.16. The molecule has 2 heterocycles. The first-order valence-electron chi connectivity index (χ1n) is 8.16. The molecule has 1 atom stereocenters. The molecular formula is C17H26N2O2. The highest BCUT2D eigenvalue weighted by molar-refractivity contribution is 5.43. The van der Waals surface area contributed by atoms with Crippen molar-refractivity contribution >= 4 is 0 Å². The second kappa shape index (κ2) is 7.14. The summed E-state index contributed by atoms with van der Waals surface area (Å²) in [5, 5.41) is 3.59. The van der Waals surface area contributed by atoms with E-state index in [1.165, 1.54) is 31.6 Å². The van der Waals surface area contributed by atoms with E-state index in [-0.39, 0.29) is 0 Å². The Hall–Kier alpha value is -1.26. The standard InChI is InChI=1S/C17H26N2O2/c1-2-19-7-6-15(13-19)12-18-11-14-4-5-16-17(10-14)21-9-3-8-20-16/h4-5,10,15,18H,2-3,6-9,11-13H2,1H3. The van der Waals surface area contributed by atoms with Gasteiger partial charge in [-0.25, -0.2) is 0 Å². The third-order valence-electron chi connectivity index (χ3n) is 4.39. The van der Waals surface area contributed by atoms with Gasteiger partial charge in [0.05, 0.1) is 13.2 Å². The summed E-state index contributed by atoms with van der Waals surface area (Å²) in [7, 11) is 0. The van der Waals surface area contributed by atoms with Gasteiger partial charge in [-0.1, -0.05) is 13.0 Å². The van der Waals surface area contributed by atoms with Crippen LogP contribution in [0.25, 0.3) is 0 Å². The number of rotatable bonds is 5. The summed E-state index contributed by atoms with van der Waals surface area (Å²) < 4.78 is 11.4. The highest BCUT2D eigenvalue weighted by atomic mass is 16.5. The topological polar surface area (TPSA) is 33.7 Å². The minimum atomic E-state index is 0.749. The van der Waals surface area contributed by atoms with E-state index in [2.05, 4.69) is 29.3 Å². The summed E-state index contributed by atoms with van der Waals surface area (Å²) in [6.45, 7) is 9.42. The molecule has 4 nitrogen and oxygen atoms in total. The van der Waals surface area contributed by atoms with Gasteiger partial charge in [-0.2, -0.15) is 0 Å². The Balaban J connectivity index is 1.48. The van der Waals surface area contributed by atoms with Gasteiger partial charge in [-0.05, 0) is 49.7 Å². The zero-order valence-corrected chi connectivity index (χ0v) is 12.9. The van der Waals surface area contributed by atoms with E-state index < -0.39 is 0 Å². The van der Waals surface area contributed by atoms with Crippen LogP contribution in [0.2, 0.25) is 0 Å². The van der Waals surface area contributed by atoms with Gasteiger partial charge in [0, 0.05) is 19.5 Å². The molecule has 0 amide bonds. The lowest BCUT2D eigenvalue weighted by Gasteiger charge is -2.14. The highest BCUT2D eigenvalue weighted by Gasteiger charge is 2.20. The molecule has 1 fully saturated rings. The fraction of sp³-hybridized carbons (Fsp3) is 0.647. The third-order valence-corrected chi connectivity index (χ3v) is 4.39. The number of benzene rings is 1. The summed E-state index contributed by atoms with van der Waals surface area (Å²) in [6.07, 6.45) is 2.28. The van der Waals surface area contributed by atoms with Gasteiger partial charge >= 0.3 is 0 Å². The summed E-state index contributed by atoms with van der Waals surface area (Å²) >= 11 is 0. The largest absolute Gasteiger partial charge is 0.490 e. The van der Waals surface area contributed by atoms with Crippen molar-refractivity contribution in [3.63, 3.8) is 0 Å². The SMILES string of the molecule is CCN1CCC(CNCc2ccc3c(c2)OCCCO3)C1. The number of nitrogens with one attached hydrogen (secondary N) is 1. The zero-order chi connectivity index (χ0) is 14.5. The monoisotopic (exact) mass is 290 g/mol. The van der Waals surface area contributed by atoms with Gasteiger partial charge in [0.2, 0.25) is 0 Å². The molecule has 0 aliphatic carbocycles. The molecule has 1 saturated heterocycles. The van der Waals surface area contributed by atoms with E-state index in [0.717, 1.165) is 50.1 Å². The van der Waals surface area contributed by atoms with Gasteiger partial charge in [0.15, 0.2) is 11.5 Å². The zero-order valence-electron chi connectivity index (χ0n) is 12.9. The van der Waals surface area contributed by atoms with E-state index in [1.807, 2.05) is 6.07 Å². The Kier molecular flexibility index (Phi) is 4.99. The first kappa shape index (κ1) is 14.7. The summed E-state index contributed by atoms with van der Waals surface area (Å²) in [5.41, 5.74) is 1.27. The van der Waals surface area contributed by atoms with E-state index in [1.54, 1.807) is 0 Å². The third kappa shape index (κ3) is 3.89. The maximum atomic E-state index is 5.74. The molecule has 2 aliphatic rings. The molecule has 0 aromatic heterocycles. The van der Waals surface area contributed by atoms with Crippen LogP contribution in [0.1, 0.15) is 25.3 Å². The maximum Gasteiger partial charge on any atom is 0.161 e. The number of nitrogens with zero attached hydrogens (tertiary/aromatic N) is 1.